The van der Waals surface area contributed by atoms with Crippen LogP contribution in [0.4, 0.5) is 0 Å². The first-order chi connectivity index (χ1) is 17.5. The lowest BCUT2D eigenvalue weighted by Gasteiger charge is -2.15. The van der Waals surface area contributed by atoms with Crippen LogP contribution in [0.15, 0.2) is 60.7 Å². The highest BCUT2D eigenvalue weighted by Crippen LogP contribution is 2.32. The fourth-order valence-corrected chi connectivity index (χ4v) is 4.66. The fourth-order valence-electron chi connectivity index (χ4n) is 4.50. The minimum Gasteiger partial charge on any atom is -0.479 e. The number of aryl methyl sites for hydroxylation is 2. The Morgan fingerprint density at radius 3 is 2.51 bits per heavy atom. The van der Waals surface area contributed by atoms with E-state index in [1.807, 2.05) is 63.4 Å². The molecular formula is C30H31ClN2O4. The summed E-state index contributed by atoms with van der Waals surface area (Å²) in [7, 11) is 1.99. The van der Waals surface area contributed by atoms with Crippen LogP contribution in [0, 0.1) is 13.8 Å². The second-order valence-corrected chi connectivity index (χ2v) is 9.91. The predicted molar refractivity (Wildman–Crippen MR) is 147 cm³/mol. The molecule has 0 saturated heterocycles. The van der Waals surface area contributed by atoms with Crippen molar-refractivity contribution in [3.05, 3.63) is 99.2 Å². The maximum atomic E-state index is 13.1. The van der Waals surface area contributed by atoms with Gasteiger partial charge in [0.05, 0.1) is 11.1 Å². The van der Waals surface area contributed by atoms with Crippen LogP contribution in [0.1, 0.15) is 58.2 Å². The zero-order valence-corrected chi connectivity index (χ0v) is 22.4. The second-order valence-electron chi connectivity index (χ2n) is 9.50. The Morgan fingerprint density at radius 1 is 1.05 bits per heavy atom. The summed E-state index contributed by atoms with van der Waals surface area (Å²) in [6, 6.07) is 19.2. The maximum absolute atomic E-state index is 13.1. The van der Waals surface area contributed by atoms with E-state index < -0.39 is 12.1 Å². The van der Waals surface area contributed by atoms with Gasteiger partial charge in [0.2, 0.25) is 0 Å². The first-order valence-electron chi connectivity index (χ1n) is 12.2. The van der Waals surface area contributed by atoms with E-state index in [1.54, 1.807) is 12.1 Å². The number of benzene rings is 3. The van der Waals surface area contributed by atoms with Gasteiger partial charge in [-0.25, -0.2) is 4.79 Å². The number of nitrogens with one attached hydrogen (secondary N) is 1. The number of halogens is 1. The van der Waals surface area contributed by atoms with E-state index >= 15 is 0 Å². The Labute approximate surface area is 221 Å². The Morgan fingerprint density at radius 2 is 1.81 bits per heavy atom. The molecule has 1 amide bonds. The third-order valence-electron chi connectivity index (χ3n) is 6.80. The van der Waals surface area contributed by atoms with Crippen molar-refractivity contribution < 1.29 is 19.4 Å². The normalized spacial score (nSPS) is 12.8. The minimum absolute atomic E-state index is 0.112. The lowest BCUT2D eigenvalue weighted by atomic mass is 10.0. The van der Waals surface area contributed by atoms with Crippen LogP contribution < -0.4 is 10.1 Å². The zero-order valence-electron chi connectivity index (χ0n) is 21.6. The van der Waals surface area contributed by atoms with Crippen LogP contribution in [-0.2, 0) is 18.3 Å². The van der Waals surface area contributed by atoms with Crippen LogP contribution in [0.5, 0.6) is 5.75 Å². The summed E-state index contributed by atoms with van der Waals surface area (Å²) < 4.78 is 7.63. The van der Waals surface area contributed by atoms with Crippen LogP contribution in [0.3, 0.4) is 0 Å². The lowest BCUT2D eigenvalue weighted by Crippen LogP contribution is -2.26. The maximum Gasteiger partial charge on any atom is 0.344 e. The van der Waals surface area contributed by atoms with Gasteiger partial charge in [0.25, 0.3) is 5.91 Å². The Kier molecular flexibility index (Phi) is 7.60. The summed E-state index contributed by atoms with van der Waals surface area (Å²) in [6.45, 7) is 7.54. The number of ether oxygens (including phenoxy) is 1. The van der Waals surface area contributed by atoms with Crippen molar-refractivity contribution in [3.63, 3.8) is 0 Å². The number of fused-ring (bicyclic) bond motifs is 1. The SMILES string of the molecule is Cc1cccc([C@H](C)NC(=O)c2ccc3c(Cc4ccc(Cl)c(O[C@@H](C)C(=O)O)c4)c(C)n(C)c3c2)c1. The Bertz CT molecular complexity index is 1490. The molecule has 3 aromatic carbocycles. The molecule has 0 unspecified atom stereocenters. The third kappa shape index (κ3) is 5.65. The molecule has 0 bridgehead atoms. The zero-order chi connectivity index (χ0) is 26.9. The van der Waals surface area contributed by atoms with Gasteiger partial charge < -0.3 is 19.7 Å². The van der Waals surface area contributed by atoms with Gasteiger partial charge in [-0.1, -0.05) is 53.6 Å². The summed E-state index contributed by atoms with van der Waals surface area (Å²) in [5.41, 5.74) is 6.94. The van der Waals surface area contributed by atoms with Crippen LogP contribution in [0.2, 0.25) is 5.02 Å². The summed E-state index contributed by atoms with van der Waals surface area (Å²) >= 11 is 6.25. The van der Waals surface area contributed by atoms with E-state index in [0.717, 1.165) is 38.9 Å². The van der Waals surface area contributed by atoms with E-state index in [-0.39, 0.29) is 11.9 Å². The molecular weight excluding hydrogens is 488 g/mol. The summed E-state index contributed by atoms with van der Waals surface area (Å²) in [5, 5.41) is 13.7. The number of hydrogen-bond donors (Lipinski definition) is 2. The van der Waals surface area contributed by atoms with Gasteiger partial charge in [0.1, 0.15) is 5.75 Å². The van der Waals surface area contributed by atoms with E-state index in [4.69, 9.17) is 16.3 Å². The number of carboxylic acids is 1. The molecule has 1 aromatic heterocycles. The molecule has 37 heavy (non-hydrogen) atoms. The number of carbonyl (C=O) groups is 2. The molecule has 0 aliphatic heterocycles. The monoisotopic (exact) mass is 518 g/mol. The predicted octanol–water partition coefficient (Wildman–Crippen LogP) is 6.38. The van der Waals surface area contributed by atoms with Crippen molar-refractivity contribution in [3.8, 4) is 5.75 Å². The summed E-state index contributed by atoms with van der Waals surface area (Å²) in [5.74, 6) is -0.837. The molecule has 2 atom stereocenters. The molecule has 0 aliphatic rings. The van der Waals surface area contributed by atoms with E-state index in [2.05, 4.69) is 22.9 Å². The van der Waals surface area contributed by atoms with Gasteiger partial charge in [0.15, 0.2) is 6.10 Å². The average molecular weight is 519 g/mol. The van der Waals surface area contributed by atoms with Crippen molar-refractivity contribution in [2.75, 3.05) is 0 Å². The molecule has 0 radical (unpaired) electrons. The lowest BCUT2D eigenvalue weighted by molar-refractivity contribution is -0.144. The van der Waals surface area contributed by atoms with Crippen LogP contribution in [0.25, 0.3) is 10.9 Å². The topological polar surface area (TPSA) is 80.6 Å². The molecule has 0 aliphatic carbocycles. The Balaban J connectivity index is 1.59. The van der Waals surface area contributed by atoms with E-state index in [9.17, 15) is 14.7 Å². The fraction of sp³-hybridized carbons (Fsp3) is 0.267. The van der Waals surface area contributed by atoms with Crippen LogP contribution >= 0.6 is 11.6 Å². The molecule has 2 N–H and O–H groups in total. The number of aliphatic carboxylic acids is 1. The van der Waals surface area contributed by atoms with Gasteiger partial charge in [-0.05, 0) is 75.1 Å². The number of carboxylic acid groups (broad SMARTS) is 1. The van der Waals surface area contributed by atoms with Crippen LogP contribution in [-0.4, -0.2) is 27.7 Å². The average Bonchev–Trinajstić information content (AvgIpc) is 3.10. The first kappa shape index (κ1) is 26.3. The molecule has 4 aromatic rings. The van der Waals surface area contributed by atoms with E-state index in [1.165, 1.54) is 6.92 Å². The standard InChI is InChI=1S/C30H31ClN2O4/c1-17-7-6-8-22(13-17)18(2)32-29(34)23-10-11-24-25(19(3)33(5)27(24)16-23)14-21-9-12-26(31)28(15-21)37-20(4)30(35)36/h6-13,15-16,18,20H,14H2,1-5H3,(H,32,34)(H,35,36)/t18-,20-/m0/s1. The highest BCUT2D eigenvalue weighted by Gasteiger charge is 2.18. The molecule has 0 saturated carbocycles. The Hall–Kier alpha value is -3.77. The largest absolute Gasteiger partial charge is 0.479 e. The smallest absolute Gasteiger partial charge is 0.344 e. The van der Waals surface area contributed by atoms with Gasteiger partial charge in [-0.15, -0.1) is 0 Å². The minimum atomic E-state index is -1.06. The summed E-state index contributed by atoms with van der Waals surface area (Å²) in [4.78, 5) is 24.3. The molecule has 6 nitrogen and oxygen atoms in total. The molecule has 7 heteroatoms. The van der Waals surface area contributed by atoms with Crippen molar-refractivity contribution in [2.24, 2.45) is 7.05 Å². The second kappa shape index (κ2) is 10.7. The van der Waals surface area contributed by atoms with Gasteiger partial charge in [-0.2, -0.15) is 0 Å². The van der Waals surface area contributed by atoms with Gasteiger partial charge >= 0.3 is 5.97 Å². The number of aromatic nitrogens is 1. The van der Waals surface area contributed by atoms with Crippen molar-refractivity contribution in [1.29, 1.82) is 0 Å². The number of amides is 1. The highest BCUT2D eigenvalue weighted by molar-refractivity contribution is 6.32. The first-order valence-corrected chi connectivity index (χ1v) is 12.6. The molecule has 0 spiro atoms. The number of nitrogens with zero attached hydrogens (tertiary/aromatic N) is 1. The number of carbonyl (C=O) groups excluding carboxylic acids is 1. The van der Waals surface area contributed by atoms with Crippen molar-refractivity contribution in [2.45, 2.75) is 46.3 Å². The molecule has 0 fully saturated rings. The number of rotatable bonds is 8. The highest BCUT2D eigenvalue weighted by atomic mass is 35.5. The van der Waals surface area contributed by atoms with Crippen molar-refractivity contribution >= 4 is 34.4 Å². The summed E-state index contributed by atoms with van der Waals surface area (Å²) in [6.07, 6.45) is -0.404. The molecule has 1 heterocycles. The van der Waals surface area contributed by atoms with Gasteiger partial charge in [-0.3, -0.25) is 4.79 Å². The van der Waals surface area contributed by atoms with Gasteiger partial charge in [0, 0.05) is 29.2 Å². The quantitative estimate of drug-likeness (QED) is 0.283. The number of hydrogen-bond acceptors (Lipinski definition) is 3. The van der Waals surface area contributed by atoms with E-state index in [0.29, 0.717) is 22.8 Å². The van der Waals surface area contributed by atoms with Crippen molar-refractivity contribution in [1.82, 2.24) is 9.88 Å². The molecule has 4 rings (SSSR count). The third-order valence-corrected chi connectivity index (χ3v) is 7.12. The molecule has 192 valence electrons.